The van der Waals surface area contributed by atoms with Crippen molar-refractivity contribution in [1.82, 2.24) is 4.98 Å². The van der Waals surface area contributed by atoms with Gasteiger partial charge in [-0.15, -0.1) is 0 Å². The molecule has 4 heteroatoms. The van der Waals surface area contributed by atoms with Gasteiger partial charge in [-0.3, -0.25) is 4.98 Å². The number of halogens is 1. The maximum Gasteiger partial charge on any atom is 0.248 e. The van der Waals surface area contributed by atoms with Crippen molar-refractivity contribution in [3.05, 3.63) is 23.5 Å². The molecule has 0 amide bonds. The molecule has 0 aromatic carbocycles. The van der Waals surface area contributed by atoms with Crippen LogP contribution in [0.15, 0.2) is 12.3 Å². The Bertz CT molecular complexity index is 296. The Hall–Kier alpha value is -0.900. The van der Waals surface area contributed by atoms with E-state index in [1.165, 1.54) is 0 Å². The molecule has 0 saturated heterocycles. The zero-order valence-corrected chi connectivity index (χ0v) is 7.72. The highest BCUT2D eigenvalue weighted by Crippen LogP contribution is 2.12. The third-order valence-electron chi connectivity index (χ3n) is 1.33. The lowest BCUT2D eigenvalue weighted by Crippen LogP contribution is -2.36. The number of pyridine rings is 1. The molecule has 0 bridgehead atoms. The Morgan fingerprint density at radius 2 is 2.36 bits per heavy atom. The van der Waals surface area contributed by atoms with Gasteiger partial charge in [-0.1, -0.05) is 0 Å². The van der Waals surface area contributed by atoms with E-state index in [1.54, 1.807) is 6.20 Å². The average molecular weight is 215 g/mol. The number of nitrogens with two attached hydrogens (primary N) is 2. The number of hydrogen-bond donors (Lipinski definition) is 2. The number of nitrogens with zero attached hydrogens (tertiary/aromatic N) is 1. The van der Waals surface area contributed by atoms with Gasteiger partial charge in [0.05, 0.1) is 17.4 Å². The van der Waals surface area contributed by atoms with Crippen LogP contribution in [0.25, 0.3) is 0 Å². The smallest absolute Gasteiger partial charge is 0.248 e. The van der Waals surface area contributed by atoms with Crippen LogP contribution in [-0.4, -0.2) is 9.60 Å². The summed E-state index contributed by atoms with van der Waals surface area (Å²) < 4.78 is 0.542. The van der Waals surface area contributed by atoms with Crippen molar-refractivity contribution in [2.24, 2.45) is 0 Å². The molecule has 0 saturated carbocycles. The van der Waals surface area contributed by atoms with Crippen molar-refractivity contribution in [2.45, 2.75) is 6.92 Å². The molecule has 1 aromatic heterocycles. The molecule has 58 valence electrons. The number of hydrogen-bond acceptors (Lipinski definition) is 2. The maximum absolute atomic E-state index is 5.60. The van der Waals surface area contributed by atoms with E-state index in [0.29, 0.717) is 10.3 Å². The normalized spacial score (nSPS) is 9.64. The molecule has 1 heterocycles. The molecule has 0 fully saturated rings. The molecule has 0 aliphatic rings. The first-order chi connectivity index (χ1) is 5.11. The summed E-state index contributed by atoms with van der Waals surface area (Å²) in [6.45, 7) is 1.89. The third kappa shape index (κ3) is 1.77. The minimum atomic E-state index is 0.542. The topological polar surface area (TPSA) is 64.5 Å². The molecular weight excluding hydrogens is 206 g/mol. The van der Waals surface area contributed by atoms with E-state index in [-0.39, 0.29) is 0 Å². The van der Waals surface area contributed by atoms with Crippen molar-refractivity contribution >= 4 is 26.2 Å². The lowest BCUT2D eigenvalue weighted by atomic mass is 10.2. The van der Waals surface area contributed by atoms with Gasteiger partial charge in [-0.05, 0) is 13.0 Å². The number of aryl methyl sites for hydroxylation is 1. The minimum Gasteiger partial charge on any atom is -0.397 e. The van der Waals surface area contributed by atoms with Crippen LogP contribution >= 0.6 is 15.9 Å². The van der Waals surface area contributed by atoms with Gasteiger partial charge < -0.3 is 5.73 Å². The molecule has 1 rings (SSSR count). The predicted molar refractivity (Wildman–Crippen MR) is 48.3 cm³/mol. The Labute approximate surface area is 73.3 Å². The van der Waals surface area contributed by atoms with Crippen LogP contribution in [-0.2, 0) is 0 Å². The van der Waals surface area contributed by atoms with Crippen molar-refractivity contribution in [3.8, 4) is 0 Å². The van der Waals surface area contributed by atoms with Crippen molar-refractivity contribution < 1.29 is 5.41 Å². The lowest BCUT2D eigenvalue weighted by molar-refractivity contribution is -0.106. The summed E-state index contributed by atoms with van der Waals surface area (Å²) in [7, 11) is 0. The molecule has 4 N–H and O–H groups in total. The lowest BCUT2D eigenvalue weighted by Gasteiger charge is -1.98. The first-order valence-electron chi connectivity index (χ1n) is 3.11. The van der Waals surface area contributed by atoms with E-state index in [0.717, 1.165) is 11.3 Å². The highest BCUT2D eigenvalue weighted by atomic mass is 79.9. The molecule has 0 aliphatic heterocycles. The summed E-state index contributed by atoms with van der Waals surface area (Å²) in [6, 6.07) is 1.83. The Morgan fingerprint density at radius 3 is 2.82 bits per heavy atom. The predicted octanol–water partition coefficient (Wildman–Crippen LogP) is -0.127. The van der Waals surface area contributed by atoms with Gasteiger partial charge in [0.1, 0.15) is 0 Å². The van der Waals surface area contributed by atoms with Gasteiger partial charge in [0.2, 0.25) is 4.62 Å². The van der Waals surface area contributed by atoms with Crippen molar-refractivity contribution in [1.29, 1.82) is 0 Å². The van der Waals surface area contributed by atoms with E-state index in [1.807, 2.05) is 13.0 Å². The second-order valence-electron chi connectivity index (χ2n) is 2.26. The fraction of sp³-hybridized carbons (Fsp3) is 0.143. The van der Waals surface area contributed by atoms with Crippen molar-refractivity contribution in [3.63, 3.8) is 0 Å². The SMILES string of the molecule is Cc1cc(C(=[NH2+])Br)c(N)cn1. The Morgan fingerprint density at radius 1 is 1.73 bits per heavy atom. The van der Waals surface area contributed by atoms with Gasteiger partial charge in [0, 0.05) is 21.6 Å². The largest absolute Gasteiger partial charge is 0.397 e. The van der Waals surface area contributed by atoms with E-state index in [2.05, 4.69) is 20.9 Å². The van der Waals surface area contributed by atoms with E-state index >= 15 is 0 Å². The standard InChI is InChI=1S/C7H8BrN3/c1-4-2-5(7(8)10)6(9)3-11-4/h2-3,10H,9H2,1H3/p+1. The summed E-state index contributed by atoms with van der Waals surface area (Å²) in [5, 5.41) is 5.51. The minimum absolute atomic E-state index is 0.542. The van der Waals surface area contributed by atoms with Crippen LogP contribution in [0.1, 0.15) is 11.3 Å². The van der Waals surface area contributed by atoms with Gasteiger partial charge in [-0.25, -0.2) is 5.41 Å². The monoisotopic (exact) mass is 214 g/mol. The number of anilines is 1. The first-order valence-corrected chi connectivity index (χ1v) is 3.91. The van der Waals surface area contributed by atoms with Crippen LogP contribution < -0.4 is 11.1 Å². The fourth-order valence-corrected chi connectivity index (χ4v) is 1.12. The number of nitrogen functional groups attached to an aromatic ring is 1. The van der Waals surface area contributed by atoms with E-state index in [4.69, 9.17) is 11.1 Å². The van der Waals surface area contributed by atoms with E-state index < -0.39 is 0 Å². The van der Waals surface area contributed by atoms with Crippen LogP contribution in [0.3, 0.4) is 0 Å². The molecular formula is C7H9BrN3+. The first kappa shape index (κ1) is 8.20. The molecule has 0 spiro atoms. The summed E-state index contributed by atoms with van der Waals surface area (Å²) >= 11 is 3.15. The molecule has 0 unspecified atom stereocenters. The second-order valence-corrected chi connectivity index (χ2v) is 3.12. The van der Waals surface area contributed by atoms with Gasteiger partial charge in [0.15, 0.2) is 0 Å². The molecule has 0 atom stereocenters. The summed E-state index contributed by atoms with van der Waals surface area (Å²) in [6.07, 6.45) is 1.60. The van der Waals surface area contributed by atoms with Crippen molar-refractivity contribution in [2.75, 3.05) is 5.73 Å². The van der Waals surface area contributed by atoms with Gasteiger partial charge >= 0.3 is 0 Å². The molecule has 11 heavy (non-hydrogen) atoms. The molecule has 3 nitrogen and oxygen atoms in total. The molecule has 1 aromatic rings. The summed E-state index contributed by atoms with van der Waals surface area (Å²) in [5.41, 5.74) is 7.89. The van der Waals surface area contributed by atoms with E-state index in [9.17, 15) is 0 Å². The molecule has 0 radical (unpaired) electrons. The van der Waals surface area contributed by atoms with Gasteiger partial charge in [-0.2, -0.15) is 0 Å². The van der Waals surface area contributed by atoms with Crippen LogP contribution in [0.2, 0.25) is 0 Å². The maximum atomic E-state index is 5.60. The zero-order valence-electron chi connectivity index (χ0n) is 6.13. The van der Waals surface area contributed by atoms with Crippen LogP contribution in [0.4, 0.5) is 5.69 Å². The quantitative estimate of drug-likeness (QED) is 0.641. The second kappa shape index (κ2) is 3.00. The highest BCUT2D eigenvalue weighted by Gasteiger charge is 2.06. The summed E-state index contributed by atoms with van der Waals surface area (Å²) in [4.78, 5) is 4.01. The Kier molecular flexibility index (Phi) is 2.24. The number of aromatic nitrogens is 1. The molecule has 0 aliphatic carbocycles. The third-order valence-corrected chi connectivity index (χ3v) is 1.76. The van der Waals surface area contributed by atoms with Gasteiger partial charge in [0.25, 0.3) is 0 Å². The summed E-state index contributed by atoms with van der Waals surface area (Å²) in [5.74, 6) is 0. The zero-order chi connectivity index (χ0) is 8.43. The van der Waals surface area contributed by atoms with Crippen LogP contribution in [0.5, 0.6) is 0 Å². The average Bonchev–Trinajstić information content (AvgIpc) is 1.94. The Balaban J connectivity index is 3.23. The van der Waals surface area contributed by atoms with Crippen LogP contribution in [0, 0.1) is 6.92 Å². The number of rotatable bonds is 1. The highest BCUT2D eigenvalue weighted by molar-refractivity contribution is 9.18. The fourth-order valence-electron chi connectivity index (χ4n) is 0.777.